The number of nitrogens with one attached hydrogen (secondary N) is 2. The summed E-state index contributed by atoms with van der Waals surface area (Å²) in [5.41, 5.74) is 0. The van der Waals surface area contributed by atoms with Crippen molar-refractivity contribution < 1.29 is 4.79 Å². The molecule has 2 fully saturated rings. The van der Waals surface area contributed by atoms with Crippen molar-refractivity contribution in [1.29, 1.82) is 0 Å². The molecule has 98 valence electrons. The predicted molar refractivity (Wildman–Crippen MR) is 69.8 cm³/mol. The predicted octanol–water partition coefficient (Wildman–Crippen LogP) is 2.07. The van der Waals surface area contributed by atoms with Crippen LogP contribution in [0.4, 0.5) is 0 Å². The molecule has 1 aliphatic carbocycles. The van der Waals surface area contributed by atoms with E-state index in [4.69, 9.17) is 0 Å². The van der Waals surface area contributed by atoms with Gasteiger partial charge in [0.25, 0.3) is 0 Å². The summed E-state index contributed by atoms with van der Waals surface area (Å²) in [5, 5.41) is 6.55. The van der Waals surface area contributed by atoms with Crippen LogP contribution in [0.25, 0.3) is 0 Å². The number of hydrogen-bond acceptors (Lipinski definition) is 2. The van der Waals surface area contributed by atoms with Crippen molar-refractivity contribution >= 4 is 5.91 Å². The second kappa shape index (κ2) is 5.85. The third-order valence-corrected chi connectivity index (χ3v) is 4.57. The molecule has 0 aromatic carbocycles. The quantitative estimate of drug-likeness (QED) is 0.773. The molecular formula is C14H26N2O. The Balaban J connectivity index is 1.78. The van der Waals surface area contributed by atoms with E-state index in [2.05, 4.69) is 24.5 Å². The molecule has 0 spiro atoms. The van der Waals surface area contributed by atoms with E-state index in [1.807, 2.05) is 0 Å². The van der Waals surface area contributed by atoms with Crippen molar-refractivity contribution in [3.8, 4) is 0 Å². The minimum Gasteiger partial charge on any atom is -0.352 e. The Labute approximate surface area is 105 Å². The van der Waals surface area contributed by atoms with Gasteiger partial charge in [-0.25, -0.2) is 0 Å². The molecule has 0 bridgehead atoms. The summed E-state index contributed by atoms with van der Waals surface area (Å²) in [5.74, 6) is 1.79. The van der Waals surface area contributed by atoms with E-state index in [0.717, 1.165) is 37.6 Å². The fourth-order valence-electron chi connectivity index (χ4n) is 3.06. The van der Waals surface area contributed by atoms with Crippen LogP contribution in [-0.4, -0.2) is 24.5 Å². The average Bonchev–Trinajstić information content (AvgIpc) is 2.35. The van der Waals surface area contributed by atoms with Gasteiger partial charge >= 0.3 is 0 Å². The fraction of sp³-hybridized carbons (Fsp3) is 0.929. The lowest BCUT2D eigenvalue weighted by Crippen LogP contribution is -2.50. The Hall–Kier alpha value is -0.570. The van der Waals surface area contributed by atoms with Gasteiger partial charge < -0.3 is 10.6 Å². The van der Waals surface area contributed by atoms with Crippen LogP contribution in [0.1, 0.15) is 52.4 Å². The topological polar surface area (TPSA) is 41.1 Å². The van der Waals surface area contributed by atoms with E-state index >= 15 is 0 Å². The number of rotatable bonds is 2. The highest BCUT2D eigenvalue weighted by molar-refractivity contribution is 5.82. The number of amides is 1. The molecule has 4 atom stereocenters. The van der Waals surface area contributed by atoms with Crippen molar-refractivity contribution in [3.63, 3.8) is 0 Å². The van der Waals surface area contributed by atoms with Crippen LogP contribution in [0.15, 0.2) is 0 Å². The molecule has 1 saturated heterocycles. The monoisotopic (exact) mass is 238 g/mol. The Morgan fingerprint density at radius 3 is 2.59 bits per heavy atom. The third-order valence-electron chi connectivity index (χ3n) is 4.57. The van der Waals surface area contributed by atoms with E-state index in [1.54, 1.807) is 0 Å². The van der Waals surface area contributed by atoms with Crippen molar-refractivity contribution in [3.05, 3.63) is 0 Å². The minimum atomic E-state index is 0.0680. The van der Waals surface area contributed by atoms with Crippen LogP contribution in [0, 0.1) is 11.8 Å². The van der Waals surface area contributed by atoms with E-state index in [1.165, 1.54) is 19.3 Å². The van der Waals surface area contributed by atoms with E-state index in [9.17, 15) is 4.79 Å². The molecule has 3 unspecified atom stereocenters. The molecule has 1 heterocycles. The van der Waals surface area contributed by atoms with Gasteiger partial charge in [0, 0.05) is 6.04 Å². The SMILES string of the molecule is CC1CCC(NC(=O)[C@@H]2CCCCN2)CC1C. The van der Waals surface area contributed by atoms with Crippen molar-refractivity contribution in [2.24, 2.45) is 11.8 Å². The molecule has 1 saturated carbocycles. The summed E-state index contributed by atoms with van der Waals surface area (Å²) in [4.78, 5) is 12.1. The van der Waals surface area contributed by atoms with Gasteiger partial charge in [-0.1, -0.05) is 20.3 Å². The highest BCUT2D eigenvalue weighted by atomic mass is 16.2. The van der Waals surface area contributed by atoms with Gasteiger partial charge in [-0.05, 0) is 50.5 Å². The lowest BCUT2D eigenvalue weighted by molar-refractivity contribution is -0.124. The van der Waals surface area contributed by atoms with Crippen LogP contribution >= 0.6 is 0 Å². The Morgan fingerprint density at radius 1 is 1.12 bits per heavy atom. The molecule has 1 amide bonds. The number of hydrogen-bond donors (Lipinski definition) is 2. The van der Waals surface area contributed by atoms with Gasteiger partial charge in [-0.15, -0.1) is 0 Å². The summed E-state index contributed by atoms with van der Waals surface area (Å²) in [6.07, 6.45) is 6.96. The zero-order valence-corrected chi connectivity index (χ0v) is 11.2. The lowest BCUT2D eigenvalue weighted by Gasteiger charge is -2.34. The van der Waals surface area contributed by atoms with Crippen molar-refractivity contribution in [2.45, 2.75) is 64.5 Å². The Kier molecular flexibility index (Phi) is 4.43. The molecule has 2 rings (SSSR count). The molecule has 0 radical (unpaired) electrons. The maximum absolute atomic E-state index is 12.1. The average molecular weight is 238 g/mol. The van der Waals surface area contributed by atoms with Gasteiger partial charge in [0.1, 0.15) is 0 Å². The first kappa shape index (κ1) is 12.9. The summed E-state index contributed by atoms with van der Waals surface area (Å²) >= 11 is 0. The Bertz CT molecular complexity index is 261. The molecule has 3 nitrogen and oxygen atoms in total. The first-order valence-corrected chi connectivity index (χ1v) is 7.20. The molecule has 3 heteroatoms. The second-order valence-corrected chi connectivity index (χ2v) is 5.98. The minimum absolute atomic E-state index is 0.0680. The van der Waals surface area contributed by atoms with Gasteiger partial charge in [-0.2, -0.15) is 0 Å². The zero-order valence-electron chi connectivity index (χ0n) is 11.2. The lowest BCUT2D eigenvalue weighted by atomic mass is 9.79. The molecular weight excluding hydrogens is 212 g/mol. The van der Waals surface area contributed by atoms with E-state index in [-0.39, 0.29) is 11.9 Å². The summed E-state index contributed by atoms with van der Waals surface area (Å²) in [6, 6.07) is 0.482. The van der Waals surface area contributed by atoms with Crippen LogP contribution in [0.2, 0.25) is 0 Å². The van der Waals surface area contributed by atoms with Crippen molar-refractivity contribution in [1.82, 2.24) is 10.6 Å². The molecule has 2 N–H and O–H groups in total. The number of piperidine rings is 1. The normalized spacial score (nSPS) is 38.7. The molecule has 2 aliphatic rings. The molecule has 0 aromatic heterocycles. The van der Waals surface area contributed by atoms with Crippen LogP contribution in [-0.2, 0) is 4.79 Å². The van der Waals surface area contributed by atoms with E-state index in [0.29, 0.717) is 6.04 Å². The highest BCUT2D eigenvalue weighted by Gasteiger charge is 2.28. The summed E-state index contributed by atoms with van der Waals surface area (Å²) in [6.45, 7) is 5.63. The fourth-order valence-corrected chi connectivity index (χ4v) is 3.06. The third kappa shape index (κ3) is 3.44. The van der Waals surface area contributed by atoms with Crippen LogP contribution in [0.5, 0.6) is 0 Å². The maximum Gasteiger partial charge on any atom is 0.237 e. The van der Waals surface area contributed by atoms with Crippen LogP contribution in [0.3, 0.4) is 0 Å². The first-order valence-electron chi connectivity index (χ1n) is 7.20. The molecule has 17 heavy (non-hydrogen) atoms. The summed E-state index contributed by atoms with van der Waals surface area (Å²) in [7, 11) is 0. The summed E-state index contributed by atoms with van der Waals surface area (Å²) < 4.78 is 0. The van der Waals surface area contributed by atoms with Gasteiger partial charge in [0.15, 0.2) is 0 Å². The number of carbonyl (C=O) groups is 1. The number of carbonyl (C=O) groups excluding carboxylic acids is 1. The van der Waals surface area contributed by atoms with Crippen molar-refractivity contribution in [2.75, 3.05) is 6.54 Å². The van der Waals surface area contributed by atoms with E-state index < -0.39 is 0 Å². The van der Waals surface area contributed by atoms with Gasteiger partial charge in [0.2, 0.25) is 5.91 Å². The largest absolute Gasteiger partial charge is 0.352 e. The smallest absolute Gasteiger partial charge is 0.237 e. The maximum atomic E-state index is 12.1. The highest BCUT2D eigenvalue weighted by Crippen LogP contribution is 2.29. The molecule has 1 aliphatic heterocycles. The van der Waals surface area contributed by atoms with Gasteiger partial charge in [-0.3, -0.25) is 4.79 Å². The van der Waals surface area contributed by atoms with Crippen LogP contribution < -0.4 is 10.6 Å². The first-order chi connectivity index (χ1) is 8.16. The second-order valence-electron chi connectivity index (χ2n) is 5.98. The molecule has 0 aromatic rings. The Morgan fingerprint density at radius 2 is 1.94 bits per heavy atom. The standard InChI is InChI=1S/C14H26N2O/c1-10-6-7-12(9-11(10)2)16-14(17)13-5-3-4-8-15-13/h10-13,15H,3-9H2,1-2H3,(H,16,17)/t10?,11?,12?,13-/m0/s1. The zero-order chi connectivity index (χ0) is 12.3. The van der Waals surface area contributed by atoms with Gasteiger partial charge in [0.05, 0.1) is 6.04 Å².